The van der Waals surface area contributed by atoms with Crippen LogP contribution in [-0.2, 0) is 12.1 Å². The number of nitrogens with zero attached hydrogens (tertiary/aromatic N) is 3. The van der Waals surface area contributed by atoms with Crippen molar-refractivity contribution in [3.8, 4) is 5.75 Å². The predicted octanol–water partition coefficient (Wildman–Crippen LogP) is 5.59. The molecule has 2 aromatic carbocycles. The summed E-state index contributed by atoms with van der Waals surface area (Å²) in [5, 5.41) is 0. The summed E-state index contributed by atoms with van der Waals surface area (Å²) in [6.45, 7) is 1.43. The van der Waals surface area contributed by atoms with Crippen LogP contribution in [0.3, 0.4) is 0 Å². The average molecular weight is 480 g/mol. The number of ether oxygens (including phenoxy) is 1. The lowest BCUT2D eigenvalue weighted by molar-refractivity contribution is -0.0208. The number of amides is 2. The van der Waals surface area contributed by atoms with Gasteiger partial charge in [-0.15, -0.1) is 0 Å². The first kappa shape index (κ1) is 24.1. The molecular weight excluding hydrogens is 441 g/mol. The summed E-state index contributed by atoms with van der Waals surface area (Å²) in [5.41, 5.74) is 0.791. The van der Waals surface area contributed by atoms with Gasteiger partial charge >= 0.3 is 6.03 Å². The van der Waals surface area contributed by atoms with Crippen LogP contribution in [0.5, 0.6) is 5.75 Å². The van der Waals surface area contributed by atoms with E-state index in [1.807, 2.05) is 34.1 Å². The van der Waals surface area contributed by atoms with Crippen LogP contribution in [0.1, 0.15) is 56.1 Å². The highest BCUT2D eigenvalue weighted by molar-refractivity contribution is 5.78. The fourth-order valence-corrected chi connectivity index (χ4v) is 6.49. The van der Waals surface area contributed by atoms with E-state index in [4.69, 9.17) is 4.74 Å². The van der Waals surface area contributed by atoms with Crippen LogP contribution in [0, 0.1) is 0 Å². The van der Waals surface area contributed by atoms with Gasteiger partial charge in [-0.25, -0.2) is 9.18 Å². The highest BCUT2D eigenvalue weighted by Gasteiger charge is 2.56. The topological polar surface area (TPSA) is 36.0 Å². The van der Waals surface area contributed by atoms with Crippen LogP contribution >= 0.6 is 0 Å². The zero-order valence-corrected chi connectivity index (χ0v) is 21.3. The van der Waals surface area contributed by atoms with Crippen LogP contribution in [-0.4, -0.2) is 66.2 Å². The molecule has 188 valence electrons. The molecule has 5 rings (SSSR count). The second kappa shape index (κ2) is 9.12. The van der Waals surface area contributed by atoms with Crippen molar-refractivity contribution in [1.82, 2.24) is 14.7 Å². The summed E-state index contributed by atoms with van der Waals surface area (Å²) in [7, 11) is 5.97. The number of urea groups is 1. The molecule has 1 aliphatic heterocycles. The molecule has 0 N–H and O–H groups in total. The molecule has 1 spiro atoms. The summed E-state index contributed by atoms with van der Waals surface area (Å²) in [6.07, 6.45) is 5.70. The summed E-state index contributed by atoms with van der Waals surface area (Å²) in [6, 6.07) is 18.6. The van der Waals surface area contributed by atoms with Crippen LogP contribution < -0.4 is 4.74 Å². The maximum Gasteiger partial charge on any atom is 0.321 e. The Labute approximate surface area is 208 Å². The van der Waals surface area contributed by atoms with Crippen molar-refractivity contribution < 1.29 is 13.9 Å². The van der Waals surface area contributed by atoms with Gasteiger partial charge in [0.2, 0.25) is 0 Å². The third-order valence-corrected chi connectivity index (χ3v) is 8.96. The highest BCUT2D eigenvalue weighted by Crippen LogP contribution is 2.50. The molecule has 0 atom stereocenters. The van der Waals surface area contributed by atoms with Gasteiger partial charge in [-0.3, -0.25) is 4.90 Å². The lowest BCUT2D eigenvalue weighted by atomic mass is 9.68. The number of carbonyl (C=O) groups is 1. The minimum Gasteiger partial charge on any atom is -0.497 e. The zero-order valence-electron chi connectivity index (χ0n) is 21.3. The fraction of sp³-hybridized carbons (Fsp3) is 0.552. The Morgan fingerprint density at radius 1 is 0.943 bits per heavy atom. The highest BCUT2D eigenvalue weighted by atomic mass is 19.1. The van der Waals surface area contributed by atoms with E-state index >= 15 is 4.39 Å². The van der Waals surface area contributed by atoms with Gasteiger partial charge in [0.25, 0.3) is 0 Å². The molecule has 0 bridgehead atoms. The van der Waals surface area contributed by atoms with E-state index in [2.05, 4.69) is 49.3 Å². The molecule has 0 unspecified atom stereocenters. The number of hydrogen-bond acceptors (Lipinski definition) is 3. The molecule has 1 heterocycles. The van der Waals surface area contributed by atoms with Crippen molar-refractivity contribution in [2.75, 3.05) is 34.3 Å². The SMILES string of the molecule is COc1ccc(CN2C[C@]3(CC[C@@](c4ccccc4)(N(C)C)CC3)N(CC3(F)CCC3)C2=O)cc1. The lowest BCUT2D eigenvalue weighted by Crippen LogP contribution is -2.58. The number of alkyl halides is 1. The van der Waals surface area contributed by atoms with Crippen LogP contribution in [0.2, 0.25) is 0 Å². The first-order chi connectivity index (χ1) is 16.8. The van der Waals surface area contributed by atoms with Crippen molar-refractivity contribution in [3.63, 3.8) is 0 Å². The van der Waals surface area contributed by atoms with Crippen LogP contribution in [0.25, 0.3) is 0 Å². The Morgan fingerprint density at radius 2 is 1.60 bits per heavy atom. The lowest BCUT2D eigenvalue weighted by Gasteiger charge is -2.52. The molecular formula is C29H38FN3O2. The molecule has 5 nitrogen and oxygen atoms in total. The number of halogens is 1. The van der Waals surface area contributed by atoms with E-state index < -0.39 is 5.67 Å². The molecule has 0 radical (unpaired) electrons. The Morgan fingerprint density at radius 3 is 2.14 bits per heavy atom. The van der Waals surface area contributed by atoms with Crippen molar-refractivity contribution in [2.45, 2.75) is 68.2 Å². The number of methoxy groups -OCH3 is 1. The minimum atomic E-state index is -1.23. The summed E-state index contributed by atoms with van der Waals surface area (Å²) in [4.78, 5) is 20.0. The number of rotatable bonds is 7. The van der Waals surface area contributed by atoms with Gasteiger partial charge in [-0.1, -0.05) is 42.5 Å². The normalized spacial score (nSPS) is 28.0. The monoisotopic (exact) mass is 479 g/mol. The molecule has 35 heavy (non-hydrogen) atoms. The number of hydrogen-bond donors (Lipinski definition) is 0. The second-order valence-electron chi connectivity index (χ2n) is 11.1. The smallest absolute Gasteiger partial charge is 0.321 e. The molecule has 3 aliphatic rings. The number of carbonyl (C=O) groups excluding carboxylic acids is 1. The van der Waals surface area contributed by atoms with E-state index in [0.29, 0.717) is 25.9 Å². The third-order valence-electron chi connectivity index (χ3n) is 8.96. The van der Waals surface area contributed by atoms with Gasteiger partial charge in [0.05, 0.1) is 19.2 Å². The average Bonchev–Trinajstić information content (AvgIpc) is 3.09. The number of benzene rings is 2. The molecule has 2 aliphatic carbocycles. The van der Waals surface area contributed by atoms with Crippen molar-refractivity contribution in [3.05, 3.63) is 65.7 Å². The van der Waals surface area contributed by atoms with Crippen molar-refractivity contribution in [2.24, 2.45) is 0 Å². The maximum absolute atomic E-state index is 15.4. The van der Waals surface area contributed by atoms with E-state index in [-0.39, 0.29) is 23.7 Å². The molecule has 2 aromatic rings. The second-order valence-corrected chi connectivity index (χ2v) is 11.1. The quantitative estimate of drug-likeness (QED) is 0.519. The minimum absolute atomic E-state index is 0.0122. The van der Waals surface area contributed by atoms with E-state index in [1.54, 1.807) is 7.11 Å². The Hall–Kier alpha value is -2.60. The fourth-order valence-electron chi connectivity index (χ4n) is 6.49. The van der Waals surface area contributed by atoms with Crippen LogP contribution in [0.4, 0.5) is 9.18 Å². The standard InChI is InChI=1S/C29H38FN3O2/c1-31(2)29(24-8-5-4-6-9-24)18-16-28(17-19-29)22-32(20-23-10-12-25(35-3)13-11-23)26(34)33(28)21-27(30)14-7-15-27/h4-6,8-13H,7,14-22H2,1-3H3/t28-,29-. The molecule has 6 heteroatoms. The summed E-state index contributed by atoms with van der Waals surface area (Å²) >= 11 is 0. The molecule has 2 saturated carbocycles. The van der Waals surface area contributed by atoms with E-state index in [1.165, 1.54) is 5.56 Å². The zero-order chi connectivity index (χ0) is 24.7. The molecule has 1 saturated heterocycles. The van der Waals surface area contributed by atoms with Crippen molar-refractivity contribution in [1.29, 1.82) is 0 Å². The van der Waals surface area contributed by atoms with Crippen LogP contribution in [0.15, 0.2) is 54.6 Å². The predicted molar refractivity (Wildman–Crippen MR) is 136 cm³/mol. The van der Waals surface area contributed by atoms with Gasteiger partial charge in [-0.05, 0) is 82.3 Å². The first-order valence-electron chi connectivity index (χ1n) is 12.9. The molecule has 2 amide bonds. The van der Waals surface area contributed by atoms with Crippen molar-refractivity contribution >= 4 is 6.03 Å². The van der Waals surface area contributed by atoms with Gasteiger partial charge in [0, 0.05) is 18.6 Å². The van der Waals surface area contributed by atoms with Gasteiger partial charge < -0.3 is 14.5 Å². The third kappa shape index (κ3) is 4.31. The largest absolute Gasteiger partial charge is 0.497 e. The summed E-state index contributed by atoms with van der Waals surface area (Å²) < 4.78 is 20.7. The maximum atomic E-state index is 15.4. The van der Waals surface area contributed by atoms with E-state index in [9.17, 15) is 4.79 Å². The summed E-state index contributed by atoms with van der Waals surface area (Å²) in [5.74, 6) is 0.803. The molecule has 3 fully saturated rings. The van der Waals surface area contributed by atoms with Gasteiger partial charge in [0.15, 0.2) is 0 Å². The Bertz CT molecular complexity index is 1030. The van der Waals surface area contributed by atoms with E-state index in [0.717, 1.165) is 43.4 Å². The Kier molecular flexibility index (Phi) is 6.28. The molecule has 0 aromatic heterocycles. The van der Waals surface area contributed by atoms with Gasteiger partial charge in [0.1, 0.15) is 11.4 Å². The first-order valence-corrected chi connectivity index (χ1v) is 12.9. The van der Waals surface area contributed by atoms with Gasteiger partial charge in [-0.2, -0.15) is 0 Å². The Balaban J connectivity index is 1.40.